The molecule has 1 unspecified atom stereocenters. The van der Waals surface area contributed by atoms with E-state index in [0.717, 1.165) is 30.8 Å². The van der Waals surface area contributed by atoms with Crippen LogP contribution in [0.25, 0.3) is 0 Å². The van der Waals surface area contributed by atoms with Crippen molar-refractivity contribution >= 4 is 0 Å². The molecule has 0 spiro atoms. The summed E-state index contributed by atoms with van der Waals surface area (Å²) < 4.78 is 0. The van der Waals surface area contributed by atoms with Crippen molar-refractivity contribution in [3.8, 4) is 0 Å². The fraction of sp³-hybridized carbons (Fsp3) is 1.00. The Bertz CT molecular complexity index is 164. The number of nitrogens with two attached hydrogens (primary N) is 1. The first-order chi connectivity index (χ1) is 7.72. The van der Waals surface area contributed by atoms with Crippen molar-refractivity contribution in [1.29, 1.82) is 0 Å². The largest absolute Gasteiger partial charge is 0.330 e. The zero-order valence-electron chi connectivity index (χ0n) is 11.2. The number of nitrogens with one attached hydrogen (secondary N) is 1. The van der Waals surface area contributed by atoms with Gasteiger partial charge in [0, 0.05) is 0 Å². The summed E-state index contributed by atoms with van der Waals surface area (Å²) in [5.41, 5.74) is 5.78. The van der Waals surface area contributed by atoms with E-state index in [0.29, 0.717) is 0 Å². The molecule has 1 aliphatic rings. The minimum absolute atomic E-state index is 0.718. The van der Waals surface area contributed by atoms with Crippen molar-refractivity contribution < 1.29 is 0 Å². The molecule has 0 bridgehead atoms. The highest BCUT2D eigenvalue weighted by Crippen LogP contribution is 2.33. The lowest BCUT2D eigenvalue weighted by Gasteiger charge is -2.17. The summed E-state index contributed by atoms with van der Waals surface area (Å²) >= 11 is 0. The first-order valence-electron chi connectivity index (χ1n) is 7.13. The molecule has 0 aromatic heterocycles. The first-order valence-corrected chi connectivity index (χ1v) is 7.13. The van der Waals surface area contributed by atoms with E-state index in [1.807, 2.05) is 0 Å². The maximum atomic E-state index is 5.78. The van der Waals surface area contributed by atoms with Gasteiger partial charge < -0.3 is 11.1 Å². The fourth-order valence-corrected chi connectivity index (χ4v) is 2.35. The van der Waals surface area contributed by atoms with Gasteiger partial charge in [-0.25, -0.2) is 0 Å². The average molecular weight is 226 g/mol. The highest BCUT2D eigenvalue weighted by molar-refractivity contribution is 4.73. The van der Waals surface area contributed by atoms with Gasteiger partial charge in [-0.15, -0.1) is 0 Å². The van der Waals surface area contributed by atoms with Gasteiger partial charge in [0.15, 0.2) is 0 Å². The van der Waals surface area contributed by atoms with Crippen molar-refractivity contribution in [3.63, 3.8) is 0 Å². The molecular formula is C14H30N2. The van der Waals surface area contributed by atoms with E-state index < -0.39 is 0 Å². The van der Waals surface area contributed by atoms with Crippen LogP contribution in [0.1, 0.15) is 52.4 Å². The molecule has 2 nitrogen and oxygen atoms in total. The van der Waals surface area contributed by atoms with Gasteiger partial charge in [-0.05, 0) is 63.1 Å². The highest BCUT2D eigenvalue weighted by atomic mass is 14.8. The van der Waals surface area contributed by atoms with Gasteiger partial charge in [-0.3, -0.25) is 0 Å². The molecule has 0 radical (unpaired) electrons. The maximum absolute atomic E-state index is 5.78. The maximum Gasteiger partial charge on any atom is -0.00458 e. The molecule has 1 saturated carbocycles. The van der Waals surface area contributed by atoms with Crippen LogP contribution in [0.3, 0.4) is 0 Å². The van der Waals surface area contributed by atoms with E-state index >= 15 is 0 Å². The Hall–Kier alpha value is -0.0800. The molecule has 0 aliphatic heterocycles. The van der Waals surface area contributed by atoms with E-state index in [2.05, 4.69) is 19.2 Å². The van der Waals surface area contributed by atoms with Crippen LogP contribution in [0, 0.1) is 17.8 Å². The summed E-state index contributed by atoms with van der Waals surface area (Å²) in [6, 6.07) is 0. The molecule has 1 atom stereocenters. The van der Waals surface area contributed by atoms with E-state index in [9.17, 15) is 0 Å². The molecule has 96 valence electrons. The van der Waals surface area contributed by atoms with Crippen molar-refractivity contribution in [3.05, 3.63) is 0 Å². The third-order valence-electron chi connectivity index (χ3n) is 3.53. The lowest BCUT2D eigenvalue weighted by molar-refractivity contribution is 0.385. The van der Waals surface area contributed by atoms with Gasteiger partial charge in [-0.1, -0.05) is 26.7 Å². The van der Waals surface area contributed by atoms with Crippen molar-refractivity contribution in [1.82, 2.24) is 5.32 Å². The second kappa shape index (κ2) is 8.08. The molecule has 3 N–H and O–H groups in total. The van der Waals surface area contributed by atoms with Crippen LogP contribution in [0.2, 0.25) is 0 Å². The summed E-state index contributed by atoms with van der Waals surface area (Å²) in [4.78, 5) is 0. The van der Waals surface area contributed by atoms with Crippen LogP contribution >= 0.6 is 0 Å². The van der Waals surface area contributed by atoms with Gasteiger partial charge in [-0.2, -0.15) is 0 Å². The van der Waals surface area contributed by atoms with Crippen LogP contribution in [-0.2, 0) is 0 Å². The predicted molar refractivity (Wildman–Crippen MR) is 71.4 cm³/mol. The standard InChI is InChI=1S/C14H30N2/c1-12(2)10-14(11-15)7-9-16-8-3-4-13-5-6-13/h12-14,16H,3-11,15H2,1-2H3. The lowest BCUT2D eigenvalue weighted by Crippen LogP contribution is -2.24. The Kier molecular flexibility index (Phi) is 7.06. The number of rotatable bonds is 10. The quantitative estimate of drug-likeness (QED) is 0.562. The summed E-state index contributed by atoms with van der Waals surface area (Å²) in [6.45, 7) is 7.77. The minimum atomic E-state index is 0.718. The lowest BCUT2D eigenvalue weighted by atomic mass is 9.94. The molecule has 0 aromatic carbocycles. The van der Waals surface area contributed by atoms with Gasteiger partial charge >= 0.3 is 0 Å². The van der Waals surface area contributed by atoms with E-state index in [-0.39, 0.29) is 0 Å². The first kappa shape index (κ1) is 14.0. The molecule has 2 heteroatoms. The zero-order chi connectivity index (χ0) is 11.8. The Labute approximate surface area is 101 Å². The molecule has 0 amide bonds. The summed E-state index contributed by atoms with van der Waals surface area (Å²) in [7, 11) is 0. The third-order valence-corrected chi connectivity index (χ3v) is 3.53. The Morgan fingerprint density at radius 2 is 2.00 bits per heavy atom. The number of hydrogen-bond donors (Lipinski definition) is 2. The van der Waals surface area contributed by atoms with E-state index in [1.165, 1.54) is 45.1 Å². The summed E-state index contributed by atoms with van der Waals surface area (Å²) in [6.07, 6.45) is 8.31. The topological polar surface area (TPSA) is 38.0 Å². The monoisotopic (exact) mass is 226 g/mol. The predicted octanol–water partition coefficient (Wildman–Crippen LogP) is 2.78. The second-order valence-corrected chi connectivity index (χ2v) is 5.86. The zero-order valence-corrected chi connectivity index (χ0v) is 11.2. The molecular weight excluding hydrogens is 196 g/mol. The van der Waals surface area contributed by atoms with Crippen LogP contribution in [0.5, 0.6) is 0 Å². The van der Waals surface area contributed by atoms with Gasteiger partial charge in [0.25, 0.3) is 0 Å². The highest BCUT2D eigenvalue weighted by Gasteiger charge is 2.19. The van der Waals surface area contributed by atoms with E-state index in [4.69, 9.17) is 5.73 Å². The molecule has 0 aromatic rings. The van der Waals surface area contributed by atoms with Crippen LogP contribution in [0.4, 0.5) is 0 Å². The second-order valence-electron chi connectivity index (χ2n) is 5.86. The molecule has 0 saturated heterocycles. The van der Waals surface area contributed by atoms with Gasteiger partial charge in [0.1, 0.15) is 0 Å². The third kappa shape index (κ3) is 7.24. The van der Waals surface area contributed by atoms with Crippen LogP contribution in [0.15, 0.2) is 0 Å². The molecule has 1 fully saturated rings. The SMILES string of the molecule is CC(C)CC(CN)CCNCCCC1CC1. The van der Waals surface area contributed by atoms with Crippen molar-refractivity contribution in [2.24, 2.45) is 23.5 Å². The Balaban J connectivity index is 1.86. The Morgan fingerprint density at radius 3 is 2.56 bits per heavy atom. The molecule has 0 heterocycles. The van der Waals surface area contributed by atoms with E-state index in [1.54, 1.807) is 0 Å². The van der Waals surface area contributed by atoms with Crippen LogP contribution < -0.4 is 11.1 Å². The Morgan fingerprint density at radius 1 is 1.25 bits per heavy atom. The molecule has 1 aliphatic carbocycles. The van der Waals surface area contributed by atoms with Gasteiger partial charge in [0.05, 0.1) is 0 Å². The molecule has 16 heavy (non-hydrogen) atoms. The molecule has 1 rings (SSSR count). The van der Waals surface area contributed by atoms with Crippen molar-refractivity contribution in [2.45, 2.75) is 52.4 Å². The van der Waals surface area contributed by atoms with Crippen LogP contribution in [-0.4, -0.2) is 19.6 Å². The minimum Gasteiger partial charge on any atom is -0.330 e. The van der Waals surface area contributed by atoms with Gasteiger partial charge in [0.2, 0.25) is 0 Å². The summed E-state index contributed by atoms with van der Waals surface area (Å²) in [5, 5.41) is 3.55. The average Bonchev–Trinajstić information content (AvgIpc) is 3.04. The number of hydrogen-bond acceptors (Lipinski definition) is 2. The smallest absolute Gasteiger partial charge is 0.00458 e. The fourth-order valence-electron chi connectivity index (χ4n) is 2.35. The summed E-state index contributed by atoms with van der Waals surface area (Å²) in [5.74, 6) is 2.58. The normalized spacial score (nSPS) is 18.0. The van der Waals surface area contributed by atoms with Crippen molar-refractivity contribution in [2.75, 3.05) is 19.6 Å².